The third-order valence-corrected chi connectivity index (χ3v) is 9.52. The first-order valence-electron chi connectivity index (χ1n) is 10.5. The topological polar surface area (TPSA) is 176 Å². The Balaban J connectivity index is 1.49. The average Bonchev–Trinajstić information content (AvgIpc) is 3.35. The number of nitrogens with zero attached hydrogens (tertiary/aromatic N) is 2. The van der Waals surface area contributed by atoms with Gasteiger partial charge in [0.15, 0.2) is 0 Å². The first-order chi connectivity index (χ1) is 17.9. The summed E-state index contributed by atoms with van der Waals surface area (Å²) in [5.41, 5.74) is -1.20. The summed E-state index contributed by atoms with van der Waals surface area (Å²) in [6.45, 7) is 1.45. The van der Waals surface area contributed by atoms with E-state index in [0.29, 0.717) is 4.57 Å². The first-order valence-corrected chi connectivity index (χ1v) is 14.3. The number of amides is 2. The maximum absolute atomic E-state index is 15.1. The molecule has 0 spiro atoms. The van der Waals surface area contributed by atoms with Gasteiger partial charge in [-0.15, -0.1) is 15.7 Å². The lowest BCUT2D eigenvalue weighted by Gasteiger charge is -2.18. The van der Waals surface area contributed by atoms with Crippen molar-refractivity contribution in [2.24, 2.45) is 4.40 Å². The molecule has 4 N–H and O–H groups in total. The monoisotopic (exact) mass is 577 g/mol. The minimum atomic E-state index is -4.12. The molecule has 0 atom stereocenters. The number of hydrogen-bond acceptors (Lipinski definition) is 9. The number of carbonyl (C=O) groups is 1. The van der Waals surface area contributed by atoms with Gasteiger partial charge in [0.25, 0.3) is 25.6 Å². The van der Waals surface area contributed by atoms with Gasteiger partial charge in [0, 0.05) is 17.1 Å². The molecule has 16 heteroatoms. The molecule has 0 saturated heterocycles. The molecule has 2 aromatic heterocycles. The van der Waals surface area contributed by atoms with Crippen LogP contribution in [0, 0.1) is 5.82 Å². The van der Waals surface area contributed by atoms with Crippen LogP contribution in [0.15, 0.2) is 72.2 Å². The zero-order valence-corrected chi connectivity index (χ0v) is 21.5. The highest BCUT2D eigenvalue weighted by atomic mass is 32.2. The summed E-state index contributed by atoms with van der Waals surface area (Å²) < 4.78 is 70.3. The Hall–Kier alpha value is -4.28. The van der Waals surface area contributed by atoms with Crippen LogP contribution in [0.4, 0.5) is 20.6 Å². The molecule has 0 fully saturated rings. The Morgan fingerprint density at radius 1 is 1.18 bits per heavy atom. The smallest absolute Gasteiger partial charge is 0.333 e. The lowest BCUT2D eigenvalue weighted by Crippen LogP contribution is -2.34. The standard InChI is InChI=1S/C22H16FN5O7S3/c1-11-24-16-7-12-8-19(29)28(21(30)14(12)10-18(16)37(32,33)26-11)17-5-4-13(9-15(17)23)25-22(31)27-38(34,35)20-3-2-6-36-20/h2-10,30H,1H3,(H,24,26)(H2,25,27,31). The Kier molecular flexibility index (Phi) is 5.96. The zero-order chi connectivity index (χ0) is 27.4. The number of anilines is 2. The molecule has 12 nitrogen and oxygen atoms in total. The Bertz CT molecular complexity index is 1950. The third-order valence-electron chi connectivity index (χ3n) is 5.39. The van der Waals surface area contributed by atoms with E-state index in [1.165, 1.54) is 36.6 Å². The molecule has 5 rings (SSSR count). The summed E-state index contributed by atoms with van der Waals surface area (Å²) in [6.07, 6.45) is 0. The van der Waals surface area contributed by atoms with Crippen molar-refractivity contribution < 1.29 is 31.1 Å². The zero-order valence-electron chi connectivity index (χ0n) is 19.1. The second kappa shape index (κ2) is 8.93. The molecule has 1 aliphatic heterocycles. The fourth-order valence-corrected chi connectivity index (χ4v) is 6.89. The molecule has 38 heavy (non-hydrogen) atoms. The van der Waals surface area contributed by atoms with Gasteiger partial charge in [-0.1, -0.05) is 6.07 Å². The maximum atomic E-state index is 15.1. The van der Waals surface area contributed by atoms with Crippen LogP contribution in [0.3, 0.4) is 0 Å². The Labute approximate surface area is 218 Å². The van der Waals surface area contributed by atoms with Gasteiger partial charge in [-0.25, -0.2) is 26.9 Å². The van der Waals surface area contributed by atoms with E-state index < -0.39 is 49.0 Å². The summed E-state index contributed by atoms with van der Waals surface area (Å²) in [5.74, 6) is -1.65. The Morgan fingerprint density at radius 2 is 1.95 bits per heavy atom. The van der Waals surface area contributed by atoms with Crippen molar-refractivity contribution >= 4 is 65.4 Å². The van der Waals surface area contributed by atoms with Crippen molar-refractivity contribution in [2.75, 3.05) is 10.6 Å². The number of thiophene rings is 1. The largest absolute Gasteiger partial charge is 0.494 e. The van der Waals surface area contributed by atoms with Gasteiger partial charge >= 0.3 is 6.03 Å². The number of hydrogen-bond donors (Lipinski definition) is 4. The number of amidine groups is 1. The highest BCUT2D eigenvalue weighted by Gasteiger charge is 2.26. The first kappa shape index (κ1) is 25.4. The molecular formula is C22H16FN5O7S3. The van der Waals surface area contributed by atoms with E-state index in [2.05, 4.69) is 15.0 Å². The van der Waals surface area contributed by atoms with Crippen LogP contribution in [0.2, 0.25) is 0 Å². The van der Waals surface area contributed by atoms with E-state index in [0.717, 1.165) is 35.6 Å². The van der Waals surface area contributed by atoms with Crippen LogP contribution in [0.1, 0.15) is 6.92 Å². The number of halogens is 1. The molecular weight excluding hydrogens is 561 g/mol. The molecule has 1 aliphatic rings. The summed E-state index contributed by atoms with van der Waals surface area (Å²) >= 11 is 0.901. The number of pyridine rings is 1. The van der Waals surface area contributed by atoms with E-state index in [1.54, 1.807) is 4.72 Å². The van der Waals surface area contributed by atoms with Gasteiger partial charge in [-0.05, 0) is 54.1 Å². The molecule has 2 aromatic carbocycles. The van der Waals surface area contributed by atoms with E-state index >= 15 is 4.39 Å². The normalized spacial score (nSPS) is 14.3. The van der Waals surface area contributed by atoms with Crippen molar-refractivity contribution in [1.29, 1.82) is 0 Å². The van der Waals surface area contributed by atoms with E-state index in [9.17, 15) is 31.5 Å². The quantitative estimate of drug-likeness (QED) is 0.286. The lowest BCUT2D eigenvalue weighted by molar-refractivity contribution is 0.256. The summed E-state index contributed by atoms with van der Waals surface area (Å²) in [4.78, 5) is 24.7. The van der Waals surface area contributed by atoms with Gasteiger partial charge in [0.2, 0.25) is 5.88 Å². The fraction of sp³-hybridized carbons (Fsp3) is 0.0455. The number of nitrogens with one attached hydrogen (secondary N) is 3. The lowest BCUT2D eigenvalue weighted by atomic mass is 10.1. The minimum absolute atomic E-state index is 0.0526. The van der Waals surface area contributed by atoms with Crippen LogP contribution in [0.5, 0.6) is 5.88 Å². The number of rotatable bonds is 4. The highest BCUT2D eigenvalue weighted by Crippen LogP contribution is 2.35. The van der Waals surface area contributed by atoms with Crippen LogP contribution < -0.4 is 20.9 Å². The molecule has 0 bridgehead atoms. The molecule has 0 unspecified atom stereocenters. The van der Waals surface area contributed by atoms with Crippen molar-refractivity contribution in [3.05, 3.63) is 70.1 Å². The van der Waals surface area contributed by atoms with E-state index in [-0.39, 0.29) is 37.1 Å². The average molecular weight is 578 g/mol. The molecule has 4 aromatic rings. The van der Waals surface area contributed by atoms with Crippen LogP contribution in [-0.2, 0) is 20.0 Å². The molecule has 196 valence electrons. The molecule has 0 radical (unpaired) electrons. The van der Waals surface area contributed by atoms with Crippen LogP contribution in [0.25, 0.3) is 16.5 Å². The van der Waals surface area contributed by atoms with Gasteiger partial charge < -0.3 is 15.7 Å². The minimum Gasteiger partial charge on any atom is -0.494 e. The van der Waals surface area contributed by atoms with Crippen molar-refractivity contribution in [3.63, 3.8) is 0 Å². The molecule has 2 amide bonds. The van der Waals surface area contributed by atoms with Crippen LogP contribution >= 0.6 is 11.3 Å². The molecule has 0 saturated carbocycles. The molecule has 3 heterocycles. The number of sulfonamides is 2. The number of fused-ring (bicyclic) bond motifs is 2. The summed E-state index contributed by atoms with van der Waals surface area (Å²) in [6, 6.07) is 8.32. The predicted octanol–water partition coefficient (Wildman–Crippen LogP) is 2.94. The van der Waals surface area contributed by atoms with Gasteiger partial charge in [-0.3, -0.25) is 4.79 Å². The van der Waals surface area contributed by atoms with Crippen molar-refractivity contribution in [2.45, 2.75) is 16.0 Å². The maximum Gasteiger partial charge on any atom is 0.333 e. The highest BCUT2D eigenvalue weighted by molar-refractivity contribution is 7.92. The second-order valence-electron chi connectivity index (χ2n) is 8.01. The summed E-state index contributed by atoms with van der Waals surface area (Å²) in [5, 5.41) is 17.5. The van der Waals surface area contributed by atoms with E-state index in [4.69, 9.17) is 0 Å². The van der Waals surface area contributed by atoms with Crippen molar-refractivity contribution in [3.8, 4) is 11.6 Å². The predicted molar refractivity (Wildman–Crippen MR) is 139 cm³/mol. The third kappa shape index (κ3) is 4.48. The summed E-state index contributed by atoms with van der Waals surface area (Å²) in [7, 11) is -8.19. The number of aromatic nitrogens is 1. The fourth-order valence-electron chi connectivity index (χ4n) is 3.83. The van der Waals surface area contributed by atoms with Gasteiger partial charge in [-0.2, -0.15) is 8.42 Å². The second-order valence-corrected chi connectivity index (χ2v) is 12.4. The number of carbonyl (C=O) groups excluding carboxylic acids is 1. The van der Waals surface area contributed by atoms with Gasteiger partial charge in [0.05, 0.1) is 11.4 Å². The Morgan fingerprint density at radius 3 is 2.63 bits per heavy atom. The van der Waals surface area contributed by atoms with Crippen LogP contribution in [-0.4, -0.2) is 38.4 Å². The number of aromatic hydroxyl groups is 1. The van der Waals surface area contributed by atoms with Crippen molar-refractivity contribution in [1.82, 2.24) is 9.29 Å². The number of urea groups is 1. The van der Waals surface area contributed by atoms with E-state index in [1.807, 2.05) is 0 Å². The number of benzene rings is 2. The SMILES string of the molecule is CC1=NS(=O)(=O)c2cc3c(O)n(-c4ccc(NC(=O)NS(=O)(=O)c5cccs5)cc4F)c(=O)cc3cc2N1. The van der Waals surface area contributed by atoms with Gasteiger partial charge in [0.1, 0.15) is 20.8 Å². The molecule has 0 aliphatic carbocycles.